The third-order valence-corrected chi connectivity index (χ3v) is 3.37. The van der Waals surface area contributed by atoms with Gasteiger partial charge in [0.05, 0.1) is 0 Å². The molecule has 2 aromatic carbocycles. The van der Waals surface area contributed by atoms with Crippen LogP contribution in [0.5, 0.6) is 11.5 Å². The number of nitrogens with zero attached hydrogens (tertiary/aromatic N) is 2. The van der Waals surface area contributed by atoms with Gasteiger partial charge in [-0.1, -0.05) is 38.1 Å². The number of hydrogen-bond donors (Lipinski definition) is 2. The van der Waals surface area contributed by atoms with Gasteiger partial charge in [-0.15, -0.1) is 0 Å². The average molecular weight is 526 g/mol. The first-order valence-corrected chi connectivity index (χ1v) is 10.3. The van der Waals surface area contributed by atoms with Crippen LogP contribution in [-0.2, 0) is 25.3 Å². The Hall–Kier alpha value is -2.33. The van der Waals surface area contributed by atoms with Gasteiger partial charge in [-0.05, 0) is 24.3 Å². The third kappa shape index (κ3) is 8.17. The van der Waals surface area contributed by atoms with Crippen LogP contribution in [0.1, 0.15) is 25.0 Å². The van der Waals surface area contributed by atoms with Gasteiger partial charge in [0.25, 0.3) is 0 Å². The molecule has 0 saturated heterocycles. The Labute approximate surface area is 161 Å². The molecule has 0 saturated carbocycles. The normalized spacial score (nSPS) is 11.3. The summed E-state index contributed by atoms with van der Waals surface area (Å²) in [6.07, 6.45) is 3.37. The summed E-state index contributed by atoms with van der Waals surface area (Å²) in [4.78, 5) is 8.82. The van der Waals surface area contributed by atoms with Crippen molar-refractivity contribution in [1.82, 2.24) is 0 Å². The van der Waals surface area contributed by atoms with E-state index in [9.17, 15) is 10.2 Å². The van der Waals surface area contributed by atoms with E-state index in [-0.39, 0.29) is 16.9 Å². The second-order valence-corrected chi connectivity index (χ2v) is 6.78. The Kier molecular flexibility index (Phi) is 9.45. The van der Waals surface area contributed by atoms with Crippen LogP contribution >= 0.6 is 0 Å². The van der Waals surface area contributed by atoms with E-state index in [1.807, 2.05) is 24.3 Å². The summed E-state index contributed by atoms with van der Waals surface area (Å²) in [7, 11) is 0. The summed E-state index contributed by atoms with van der Waals surface area (Å²) >= 11 is -2.25. The summed E-state index contributed by atoms with van der Waals surface area (Å²) in [5.41, 5.74) is 1.31. The molecule has 7 heteroatoms. The summed E-state index contributed by atoms with van der Waals surface area (Å²) < 4.78 is 17.1. The number of benzene rings is 2. The summed E-state index contributed by atoms with van der Waals surface area (Å²) in [6, 6.07) is 14.2. The average Bonchev–Trinajstić information content (AvgIpc) is 2.59. The van der Waals surface area contributed by atoms with Crippen molar-refractivity contribution < 1.29 is 35.5 Å². The third-order valence-electron chi connectivity index (χ3n) is 3.37. The molecule has 26 heavy (non-hydrogen) atoms. The zero-order valence-electron chi connectivity index (χ0n) is 14.7. The Bertz CT molecular complexity index is 738. The topological polar surface area (TPSA) is 99.3 Å². The molecule has 0 aliphatic carbocycles. The van der Waals surface area contributed by atoms with Gasteiger partial charge in [-0.2, -0.15) is 0 Å². The molecular formula is C19H22N2O4W. The number of phenols is 2. The Balaban J connectivity index is 0.00000105. The van der Waals surface area contributed by atoms with Crippen molar-refractivity contribution >= 4 is 12.4 Å². The van der Waals surface area contributed by atoms with Crippen LogP contribution in [0.15, 0.2) is 58.5 Å². The Morgan fingerprint density at radius 1 is 0.846 bits per heavy atom. The molecule has 0 heterocycles. The van der Waals surface area contributed by atoms with E-state index >= 15 is 0 Å². The molecule has 2 aromatic rings. The van der Waals surface area contributed by atoms with E-state index in [0.717, 1.165) is 0 Å². The van der Waals surface area contributed by atoms with Gasteiger partial charge in [-0.3, -0.25) is 9.98 Å². The quantitative estimate of drug-likeness (QED) is 0.564. The summed E-state index contributed by atoms with van der Waals surface area (Å²) in [6.45, 7) is 5.35. The fourth-order valence-corrected chi connectivity index (χ4v) is 2.03. The molecule has 0 unspecified atom stereocenters. The Morgan fingerprint density at radius 2 is 1.19 bits per heavy atom. The predicted molar refractivity (Wildman–Crippen MR) is 96.3 cm³/mol. The van der Waals surface area contributed by atoms with Crippen molar-refractivity contribution in [3.05, 3.63) is 59.7 Å². The molecule has 2 N–H and O–H groups in total. The van der Waals surface area contributed by atoms with Crippen molar-refractivity contribution in [2.24, 2.45) is 15.4 Å². The number of rotatable bonds is 6. The second kappa shape index (κ2) is 11.3. The van der Waals surface area contributed by atoms with Crippen LogP contribution in [0.25, 0.3) is 0 Å². The van der Waals surface area contributed by atoms with Gasteiger partial charge < -0.3 is 10.2 Å². The van der Waals surface area contributed by atoms with E-state index in [1.165, 1.54) is 0 Å². The first-order valence-electron chi connectivity index (χ1n) is 7.87. The number of phenolic OH excluding ortho intramolecular Hbond substituents is 2. The number of aromatic hydroxyl groups is 2. The van der Waals surface area contributed by atoms with Crippen LogP contribution in [0.4, 0.5) is 0 Å². The van der Waals surface area contributed by atoms with Gasteiger partial charge in [-0.25, -0.2) is 0 Å². The van der Waals surface area contributed by atoms with Gasteiger partial charge in [0.2, 0.25) is 0 Å². The van der Waals surface area contributed by atoms with Crippen molar-refractivity contribution in [2.75, 3.05) is 13.1 Å². The first kappa shape index (κ1) is 21.7. The van der Waals surface area contributed by atoms with Crippen LogP contribution in [0.3, 0.4) is 0 Å². The van der Waals surface area contributed by atoms with Gasteiger partial charge in [0.15, 0.2) is 0 Å². The zero-order chi connectivity index (χ0) is 19.4. The number of aliphatic imine (C=N–C) groups is 2. The standard InChI is InChI=1S/C19H22N2O2.2O.W/c1-19(2,13-20-11-15-7-3-5-9-17(15)22)14-21-12-16-8-4-6-10-18(16)23;;;/h3-12,22-23H,13-14H2,1-2H3;;;. The SMILES string of the molecule is CC(C)(CN=Cc1ccccc1O)CN=Cc1ccccc1O.[O]=[W]=[O]. The fourth-order valence-electron chi connectivity index (χ4n) is 2.03. The molecule has 0 aliphatic heterocycles. The summed E-state index contributed by atoms with van der Waals surface area (Å²) in [5.74, 6) is 0.457. The van der Waals surface area contributed by atoms with E-state index in [1.54, 1.807) is 36.7 Å². The van der Waals surface area contributed by atoms with Crippen molar-refractivity contribution in [3.63, 3.8) is 0 Å². The molecule has 0 bridgehead atoms. The van der Waals surface area contributed by atoms with Crippen LogP contribution in [0, 0.1) is 5.41 Å². The second-order valence-electron chi connectivity index (χ2n) is 6.29. The molecule has 0 aromatic heterocycles. The zero-order valence-corrected chi connectivity index (χ0v) is 17.6. The maximum atomic E-state index is 9.69. The number of para-hydroxylation sites is 2. The van der Waals surface area contributed by atoms with Crippen LogP contribution in [-0.4, -0.2) is 35.7 Å². The monoisotopic (exact) mass is 526 g/mol. The molecule has 0 amide bonds. The van der Waals surface area contributed by atoms with Gasteiger partial charge in [0.1, 0.15) is 11.5 Å². The first-order chi connectivity index (χ1) is 12.4. The molecule has 0 fully saturated rings. The molecule has 0 atom stereocenters. The van der Waals surface area contributed by atoms with Gasteiger partial charge in [0, 0.05) is 42.1 Å². The number of hydrogen-bond acceptors (Lipinski definition) is 6. The maximum absolute atomic E-state index is 9.69. The van der Waals surface area contributed by atoms with E-state index in [4.69, 9.17) is 6.80 Å². The Morgan fingerprint density at radius 3 is 1.54 bits per heavy atom. The van der Waals surface area contributed by atoms with E-state index in [2.05, 4.69) is 23.8 Å². The minimum absolute atomic E-state index is 0.109. The summed E-state index contributed by atoms with van der Waals surface area (Å²) in [5, 5.41) is 19.4. The van der Waals surface area contributed by atoms with Crippen molar-refractivity contribution in [1.29, 1.82) is 0 Å². The predicted octanol–water partition coefficient (Wildman–Crippen LogP) is 3.42. The molecule has 0 radical (unpaired) electrons. The fraction of sp³-hybridized carbons (Fsp3) is 0.263. The molecule has 2 rings (SSSR count). The van der Waals surface area contributed by atoms with Crippen molar-refractivity contribution in [3.8, 4) is 11.5 Å². The molecular weight excluding hydrogens is 504 g/mol. The van der Waals surface area contributed by atoms with Crippen LogP contribution in [0.2, 0.25) is 0 Å². The van der Waals surface area contributed by atoms with Crippen molar-refractivity contribution in [2.45, 2.75) is 13.8 Å². The van der Waals surface area contributed by atoms with Gasteiger partial charge >= 0.3 is 25.3 Å². The minimum atomic E-state index is -2.25. The van der Waals surface area contributed by atoms with E-state index in [0.29, 0.717) is 24.2 Å². The molecule has 138 valence electrons. The molecule has 0 spiro atoms. The van der Waals surface area contributed by atoms with Crippen LogP contribution < -0.4 is 0 Å². The molecule has 0 aliphatic rings. The van der Waals surface area contributed by atoms with E-state index < -0.39 is 18.5 Å². The molecule has 6 nitrogen and oxygen atoms in total.